The van der Waals surface area contributed by atoms with Gasteiger partial charge < -0.3 is 20.5 Å². The van der Waals surface area contributed by atoms with Gasteiger partial charge in [-0.05, 0) is 24.6 Å². The highest BCUT2D eigenvalue weighted by molar-refractivity contribution is 7.99. The third-order valence-corrected chi connectivity index (χ3v) is 5.03. The number of carboxylic acids is 1. The van der Waals surface area contributed by atoms with Crippen LogP contribution in [-0.4, -0.2) is 64.2 Å². The minimum atomic E-state index is -1.17. The highest BCUT2D eigenvalue weighted by Crippen LogP contribution is 2.22. The first-order chi connectivity index (χ1) is 13.3. The quantitative estimate of drug-likeness (QED) is 0.620. The summed E-state index contributed by atoms with van der Waals surface area (Å²) in [4.78, 5) is 48.5. The summed E-state index contributed by atoms with van der Waals surface area (Å²) >= 11 is 1.40. The van der Waals surface area contributed by atoms with Gasteiger partial charge >= 0.3 is 12.1 Å². The van der Waals surface area contributed by atoms with Crippen molar-refractivity contribution in [3.05, 3.63) is 29.8 Å². The smallest absolute Gasteiger partial charge is 0.411 e. The van der Waals surface area contributed by atoms with Crippen molar-refractivity contribution in [1.29, 1.82) is 0 Å². The van der Waals surface area contributed by atoms with E-state index < -0.39 is 30.1 Å². The number of anilines is 1. The zero-order chi connectivity index (χ0) is 20.7. The third-order valence-electron chi connectivity index (χ3n) is 4.02. The van der Waals surface area contributed by atoms with Gasteiger partial charge in [-0.25, -0.2) is 9.59 Å². The third kappa shape index (κ3) is 5.88. The molecule has 0 aromatic heterocycles. The van der Waals surface area contributed by atoms with E-state index in [1.54, 1.807) is 31.2 Å². The number of thioether (sulfide) groups is 1. The number of aliphatic carboxylic acids is 1. The normalized spacial score (nSPS) is 16.9. The summed E-state index contributed by atoms with van der Waals surface area (Å²) in [5, 5.41) is 14.6. The molecule has 1 heterocycles. The molecule has 3 N–H and O–H groups in total. The van der Waals surface area contributed by atoms with Crippen LogP contribution in [0.1, 0.15) is 19.4 Å². The molecule has 0 radical (unpaired) electrons. The molecule has 152 valence electrons. The molecule has 2 rings (SSSR count). The maximum Gasteiger partial charge on any atom is 0.411 e. The van der Waals surface area contributed by atoms with Gasteiger partial charge in [-0.15, -0.1) is 11.8 Å². The van der Waals surface area contributed by atoms with Crippen molar-refractivity contribution in [2.24, 2.45) is 0 Å². The van der Waals surface area contributed by atoms with E-state index in [0.29, 0.717) is 22.9 Å². The topological polar surface area (TPSA) is 125 Å². The average Bonchev–Trinajstić information content (AvgIpc) is 3.12. The highest BCUT2D eigenvalue weighted by atomic mass is 32.2. The van der Waals surface area contributed by atoms with Gasteiger partial charge in [-0.2, -0.15) is 0 Å². The lowest BCUT2D eigenvalue weighted by atomic mass is 10.0. The minimum Gasteiger partial charge on any atom is -0.480 e. The predicted octanol–water partition coefficient (Wildman–Crippen LogP) is 1.29. The van der Waals surface area contributed by atoms with Gasteiger partial charge in [0.1, 0.15) is 12.1 Å². The molecule has 0 aliphatic carbocycles. The molecule has 1 aromatic carbocycles. The number of carbonyl (C=O) groups excluding carboxylic acids is 3. The molecule has 2 atom stereocenters. The Balaban J connectivity index is 2.02. The lowest BCUT2D eigenvalue weighted by molar-refractivity contribution is -0.142. The van der Waals surface area contributed by atoms with Gasteiger partial charge in [0.2, 0.25) is 11.8 Å². The predicted molar refractivity (Wildman–Crippen MR) is 104 cm³/mol. The lowest BCUT2D eigenvalue weighted by Crippen LogP contribution is -2.52. The molecule has 1 fully saturated rings. The second-order valence-corrected chi connectivity index (χ2v) is 7.17. The van der Waals surface area contributed by atoms with E-state index in [4.69, 9.17) is 4.74 Å². The van der Waals surface area contributed by atoms with Gasteiger partial charge in [0.25, 0.3) is 0 Å². The monoisotopic (exact) mass is 409 g/mol. The van der Waals surface area contributed by atoms with Crippen LogP contribution < -0.4 is 10.6 Å². The van der Waals surface area contributed by atoms with Crippen LogP contribution in [0.3, 0.4) is 0 Å². The zero-order valence-electron chi connectivity index (χ0n) is 15.6. The standard InChI is InChI=1S/C18H23N3O6S/c1-3-27-18(26)21-10-28-9-15(21)16(23)20-14(17(24)25)8-12-4-6-13(7-5-12)19-11(2)22/h4-7,14-15H,3,8-10H2,1-2H3,(H,19,22)(H,20,23)(H,24,25)/t14-,15+/m0/s1. The van der Waals surface area contributed by atoms with Crippen LogP contribution >= 0.6 is 11.8 Å². The number of nitrogens with one attached hydrogen (secondary N) is 2. The van der Waals surface area contributed by atoms with Crippen molar-refractivity contribution in [3.63, 3.8) is 0 Å². The van der Waals surface area contributed by atoms with Crippen LogP contribution in [0.25, 0.3) is 0 Å². The number of amides is 3. The molecule has 1 aliphatic heterocycles. The fourth-order valence-electron chi connectivity index (χ4n) is 2.68. The summed E-state index contributed by atoms with van der Waals surface area (Å²) in [5.41, 5.74) is 1.28. The second-order valence-electron chi connectivity index (χ2n) is 6.17. The van der Waals surface area contributed by atoms with Crippen LogP contribution in [0, 0.1) is 0 Å². The van der Waals surface area contributed by atoms with Gasteiger partial charge in [0.05, 0.1) is 12.5 Å². The Bertz CT molecular complexity index is 739. The molecule has 1 aliphatic rings. The van der Waals surface area contributed by atoms with E-state index in [1.165, 1.54) is 23.6 Å². The Labute approximate surface area is 166 Å². The Morgan fingerprint density at radius 1 is 1.29 bits per heavy atom. The van der Waals surface area contributed by atoms with Crippen molar-refractivity contribution in [1.82, 2.24) is 10.2 Å². The molecule has 1 aromatic rings. The second kappa shape index (κ2) is 9.98. The van der Waals surface area contributed by atoms with E-state index in [0.717, 1.165) is 0 Å². The van der Waals surface area contributed by atoms with Crippen LogP contribution in [0.5, 0.6) is 0 Å². The number of hydrogen-bond acceptors (Lipinski definition) is 6. The van der Waals surface area contributed by atoms with E-state index >= 15 is 0 Å². The first-order valence-corrected chi connectivity index (χ1v) is 9.88. The number of carbonyl (C=O) groups is 4. The molecular weight excluding hydrogens is 386 g/mol. The molecule has 3 amide bonds. The van der Waals surface area contributed by atoms with Crippen molar-refractivity contribution in [2.75, 3.05) is 23.6 Å². The van der Waals surface area contributed by atoms with Crippen LogP contribution in [-0.2, 0) is 25.5 Å². The minimum absolute atomic E-state index is 0.0701. The Hall–Kier alpha value is -2.75. The summed E-state index contributed by atoms with van der Waals surface area (Å²) in [6.07, 6.45) is -0.520. The molecule has 0 bridgehead atoms. The fourth-order valence-corrected chi connectivity index (χ4v) is 3.82. The maximum atomic E-state index is 12.6. The summed E-state index contributed by atoms with van der Waals surface area (Å²) < 4.78 is 4.94. The lowest BCUT2D eigenvalue weighted by Gasteiger charge is -2.24. The van der Waals surface area contributed by atoms with E-state index in [2.05, 4.69) is 10.6 Å². The summed E-state index contributed by atoms with van der Waals surface area (Å²) in [5.74, 6) is -1.21. The number of ether oxygens (including phenoxy) is 1. The van der Waals surface area contributed by atoms with Crippen molar-refractivity contribution in [3.8, 4) is 0 Å². The largest absolute Gasteiger partial charge is 0.480 e. The molecule has 0 saturated carbocycles. The van der Waals surface area contributed by atoms with Crippen molar-refractivity contribution >= 4 is 41.3 Å². The number of carboxylic acid groups (broad SMARTS) is 1. The molecule has 0 spiro atoms. The van der Waals surface area contributed by atoms with Gasteiger partial charge in [-0.1, -0.05) is 12.1 Å². The fraction of sp³-hybridized carbons (Fsp3) is 0.444. The number of nitrogens with zero attached hydrogens (tertiary/aromatic N) is 1. The summed E-state index contributed by atoms with van der Waals surface area (Å²) in [7, 11) is 0. The molecular formula is C18H23N3O6S. The van der Waals surface area contributed by atoms with Gasteiger partial charge in [0, 0.05) is 24.8 Å². The van der Waals surface area contributed by atoms with E-state index in [-0.39, 0.29) is 18.9 Å². The van der Waals surface area contributed by atoms with Crippen LogP contribution in [0.15, 0.2) is 24.3 Å². The Morgan fingerprint density at radius 2 is 1.96 bits per heavy atom. The Morgan fingerprint density at radius 3 is 2.54 bits per heavy atom. The number of rotatable bonds is 7. The molecule has 0 unspecified atom stereocenters. The van der Waals surface area contributed by atoms with Crippen molar-refractivity contribution in [2.45, 2.75) is 32.4 Å². The number of benzene rings is 1. The zero-order valence-corrected chi connectivity index (χ0v) is 16.5. The van der Waals surface area contributed by atoms with Crippen LogP contribution in [0.4, 0.5) is 10.5 Å². The van der Waals surface area contributed by atoms with Crippen molar-refractivity contribution < 1.29 is 29.0 Å². The SMILES string of the molecule is CCOC(=O)N1CSC[C@@H]1C(=O)N[C@@H](Cc1ccc(NC(C)=O)cc1)C(=O)O. The maximum absolute atomic E-state index is 12.6. The van der Waals surface area contributed by atoms with E-state index in [9.17, 15) is 24.3 Å². The first-order valence-electron chi connectivity index (χ1n) is 8.72. The van der Waals surface area contributed by atoms with E-state index in [1.807, 2.05) is 0 Å². The summed E-state index contributed by atoms with van der Waals surface area (Å²) in [6, 6.07) is 4.77. The van der Waals surface area contributed by atoms with Crippen LogP contribution in [0.2, 0.25) is 0 Å². The number of hydrogen-bond donors (Lipinski definition) is 3. The molecule has 1 saturated heterocycles. The molecule has 10 heteroatoms. The first kappa shape index (κ1) is 21.5. The summed E-state index contributed by atoms with van der Waals surface area (Å²) in [6.45, 7) is 3.26. The van der Waals surface area contributed by atoms with Gasteiger partial charge in [0.15, 0.2) is 0 Å². The highest BCUT2D eigenvalue weighted by Gasteiger charge is 2.37. The Kier molecular flexibility index (Phi) is 7.68. The molecule has 9 nitrogen and oxygen atoms in total. The molecule has 28 heavy (non-hydrogen) atoms. The van der Waals surface area contributed by atoms with Gasteiger partial charge in [-0.3, -0.25) is 14.5 Å². The average molecular weight is 409 g/mol.